The topological polar surface area (TPSA) is 86.1 Å². The highest BCUT2D eigenvalue weighted by Crippen LogP contribution is 2.28. The number of aromatic nitrogens is 3. The zero-order valence-corrected chi connectivity index (χ0v) is 18.2. The molecule has 2 heterocycles. The molecular weight excluding hydrogens is 392 g/mol. The van der Waals surface area contributed by atoms with E-state index in [1.807, 2.05) is 52.1 Å². The summed E-state index contributed by atoms with van der Waals surface area (Å²) in [7, 11) is 3.14. The van der Waals surface area contributed by atoms with Gasteiger partial charge >= 0.3 is 5.97 Å². The molecule has 7 heteroatoms. The first-order valence-electron chi connectivity index (χ1n) is 10.1. The van der Waals surface area contributed by atoms with Crippen LogP contribution in [0.4, 0.5) is 5.69 Å². The molecule has 158 valence electrons. The van der Waals surface area contributed by atoms with E-state index in [2.05, 4.69) is 10.4 Å². The van der Waals surface area contributed by atoms with Crippen molar-refractivity contribution < 1.29 is 14.3 Å². The highest BCUT2D eigenvalue weighted by Gasteiger charge is 2.22. The summed E-state index contributed by atoms with van der Waals surface area (Å²) in [6.07, 6.45) is 0. The monoisotopic (exact) mass is 416 g/mol. The van der Waals surface area contributed by atoms with E-state index in [1.165, 1.54) is 7.11 Å². The fourth-order valence-corrected chi connectivity index (χ4v) is 3.75. The Morgan fingerprint density at radius 3 is 2.39 bits per heavy atom. The normalized spacial score (nSPS) is 11.3. The molecule has 0 aliphatic rings. The number of fused-ring (bicyclic) bond motifs is 2. The van der Waals surface area contributed by atoms with Gasteiger partial charge in [-0.15, -0.1) is 0 Å². The molecule has 0 bridgehead atoms. The Morgan fingerprint density at radius 1 is 1.06 bits per heavy atom. The van der Waals surface area contributed by atoms with Crippen LogP contribution >= 0.6 is 0 Å². The molecule has 1 N–H and O–H groups in total. The van der Waals surface area contributed by atoms with Crippen molar-refractivity contribution in [2.45, 2.75) is 26.7 Å². The lowest BCUT2D eigenvalue weighted by Gasteiger charge is -2.14. The van der Waals surface area contributed by atoms with Gasteiger partial charge in [-0.3, -0.25) is 9.48 Å². The van der Waals surface area contributed by atoms with Gasteiger partial charge in [-0.05, 0) is 41.8 Å². The number of nitrogens with zero attached hydrogens (tertiary/aromatic N) is 3. The maximum absolute atomic E-state index is 13.4. The maximum Gasteiger partial charge on any atom is 0.339 e. The van der Waals surface area contributed by atoms with Crippen LogP contribution in [0.5, 0.6) is 0 Å². The predicted molar refractivity (Wildman–Crippen MR) is 121 cm³/mol. The number of pyridine rings is 1. The van der Waals surface area contributed by atoms with Gasteiger partial charge in [0.15, 0.2) is 5.65 Å². The number of nitrogens with one attached hydrogen (secondary N) is 1. The highest BCUT2D eigenvalue weighted by atomic mass is 16.5. The number of anilines is 1. The Labute approximate surface area is 180 Å². The molecule has 0 atom stereocenters. The summed E-state index contributed by atoms with van der Waals surface area (Å²) in [6.45, 7) is 5.90. The van der Waals surface area contributed by atoms with Gasteiger partial charge in [0.25, 0.3) is 5.91 Å². The fraction of sp³-hybridized carbons (Fsp3) is 0.250. The van der Waals surface area contributed by atoms with Crippen molar-refractivity contribution in [2.75, 3.05) is 12.4 Å². The predicted octanol–water partition coefficient (Wildman–Crippen LogP) is 4.59. The van der Waals surface area contributed by atoms with Crippen LogP contribution in [0, 0.1) is 6.92 Å². The second-order valence-corrected chi connectivity index (χ2v) is 7.85. The van der Waals surface area contributed by atoms with Crippen LogP contribution in [-0.2, 0) is 11.8 Å². The lowest BCUT2D eigenvalue weighted by atomic mass is 10.0. The first-order valence-corrected chi connectivity index (χ1v) is 10.1. The molecule has 0 fully saturated rings. The van der Waals surface area contributed by atoms with Crippen LogP contribution in [0.2, 0.25) is 0 Å². The van der Waals surface area contributed by atoms with Crippen LogP contribution in [0.1, 0.15) is 51.9 Å². The SMILES string of the molecule is COC(=O)c1cc2ccccc2cc1NC(=O)c1cc(C(C)C)nc2c1c(C)nn2C. The smallest absolute Gasteiger partial charge is 0.339 e. The number of carbonyl (C=O) groups excluding carboxylic acids is 2. The first-order chi connectivity index (χ1) is 14.8. The van der Waals surface area contributed by atoms with Crippen LogP contribution in [0.25, 0.3) is 21.8 Å². The van der Waals surface area contributed by atoms with Crippen molar-refractivity contribution in [3.05, 3.63) is 65.0 Å². The summed E-state index contributed by atoms with van der Waals surface area (Å²) in [5, 5.41) is 9.86. The molecule has 2 aromatic carbocycles. The molecule has 31 heavy (non-hydrogen) atoms. The second kappa shape index (κ2) is 7.83. The molecule has 0 spiro atoms. The van der Waals surface area contributed by atoms with Gasteiger partial charge in [-0.25, -0.2) is 9.78 Å². The summed E-state index contributed by atoms with van der Waals surface area (Å²) >= 11 is 0. The first kappa shape index (κ1) is 20.5. The summed E-state index contributed by atoms with van der Waals surface area (Å²) < 4.78 is 6.63. The Morgan fingerprint density at radius 2 is 1.74 bits per heavy atom. The van der Waals surface area contributed by atoms with Gasteiger partial charge in [0, 0.05) is 12.7 Å². The number of hydrogen-bond donors (Lipinski definition) is 1. The molecule has 0 aliphatic heterocycles. The van der Waals surface area contributed by atoms with E-state index in [0.29, 0.717) is 27.8 Å². The maximum atomic E-state index is 13.4. The second-order valence-electron chi connectivity index (χ2n) is 7.85. The molecule has 0 unspecified atom stereocenters. The van der Waals surface area contributed by atoms with Crippen molar-refractivity contribution >= 4 is 39.4 Å². The van der Waals surface area contributed by atoms with Crippen LogP contribution < -0.4 is 5.32 Å². The fourth-order valence-electron chi connectivity index (χ4n) is 3.75. The third-order valence-corrected chi connectivity index (χ3v) is 5.36. The van der Waals surface area contributed by atoms with E-state index in [4.69, 9.17) is 9.72 Å². The van der Waals surface area contributed by atoms with Crippen LogP contribution in [-0.4, -0.2) is 33.8 Å². The number of methoxy groups -OCH3 is 1. The molecule has 4 rings (SSSR count). The van der Waals surface area contributed by atoms with Crippen molar-refractivity contribution in [3.63, 3.8) is 0 Å². The third kappa shape index (κ3) is 3.63. The zero-order chi connectivity index (χ0) is 22.3. The van der Waals surface area contributed by atoms with E-state index in [0.717, 1.165) is 22.2 Å². The highest BCUT2D eigenvalue weighted by molar-refractivity contribution is 6.15. The molecule has 2 aromatic heterocycles. The molecular formula is C24H24N4O3. The van der Waals surface area contributed by atoms with E-state index in [9.17, 15) is 9.59 Å². The van der Waals surface area contributed by atoms with Gasteiger partial charge in [-0.2, -0.15) is 5.10 Å². The molecule has 4 aromatic rings. The molecule has 0 aliphatic carbocycles. The van der Waals surface area contributed by atoms with Crippen molar-refractivity contribution in [2.24, 2.45) is 7.05 Å². The average Bonchev–Trinajstić information content (AvgIpc) is 3.05. The minimum absolute atomic E-state index is 0.137. The number of carbonyl (C=O) groups is 2. The molecule has 7 nitrogen and oxygen atoms in total. The Bertz CT molecular complexity index is 1340. The number of esters is 1. The number of rotatable bonds is 4. The molecule has 1 amide bonds. The summed E-state index contributed by atoms with van der Waals surface area (Å²) in [5.41, 5.74) is 3.34. The van der Waals surface area contributed by atoms with E-state index < -0.39 is 5.97 Å². The van der Waals surface area contributed by atoms with Crippen molar-refractivity contribution in [1.82, 2.24) is 14.8 Å². The number of amides is 1. The molecule has 0 radical (unpaired) electrons. The largest absolute Gasteiger partial charge is 0.465 e. The quantitative estimate of drug-likeness (QED) is 0.492. The van der Waals surface area contributed by atoms with E-state index >= 15 is 0 Å². The zero-order valence-electron chi connectivity index (χ0n) is 18.2. The Balaban J connectivity index is 1.86. The standard InChI is InChI=1S/C24H24N4O3/c1-13(2)19-12-18(21-14(3)27-28(4)22(21)25-19)23(29)26-20-11-16-9-7-6-8-15(16)10-17(20)24(30)31-5/h6-13H,1-5H3,(H,26,29). The van der Waals surface area contributed by atoms with Crippen molar-refractivity contribution in [3.8, 4) is 0 Å². The minimum atomic E-state index is -0.513. The molecule has 0 saturated carbocycles. The van der Waals surface area contributed by atoms with E-state index in [1.54, 1.807) is 22.9 Å². The minimum Gasteiger partial charge on any atom is -0.465 e. The summed E-state index contributed by atoms with van der Waals surface area (Å²) in [5.74, 6) is -0.704. The Kier molecular flexibility index (Phi) is 5.19. The lowest BCUT2D eigenvalue weighted by molar-refractivity contribution is 0.0602. The summed E-state index contributed by atoms with van der Waals surface area (Å²) in [6, 6.07) is 13.0. The lowest BCUT2D eigenvalue weighted by Crippen LogP contribution is -2.17. The number of aryl methyl sites for hydroxylation is 2. The van der Waals surface area contributed by atoms with Gasteiger partial charge in [0.2, 0.25) is 0 Å². The van der Waals surface area contributed by atoms with Crippen LogP contribution in [0.15, 0.2) is 42.5 Å². The Hall–Kier alpha value is -3.74. The van der Waals surface area contributed by atoms with Crippen molar-refractivity contribution in [1.29, 1.82) is 0 Å². The average molecular weight is 416 g/mol. The summed E-state index contributed by atoms with van der Waals surface area (Å²) in [4.78, 5) is 30.5. The number of ether oxygens (including phenoxy) is 1. The van der Waals surface area contributed by atoms with E-state index in [-0.39, 0.29) is 11.8 Å². The van der Waals surface area contributed by atoms with Crippen LogP contribution in [0.3, 0.4) is 0 Å². The van der Waals surface area contributed by atoms with Gasteiger partial charge in [0.05, 0.1) is 35.0 Å². The number of hydrogen-bond acceptors (Lipinski definition) is 5. The molecule has 0 saturated heterocycles. The number of benzene rings is 2. The third-order valence-electron chi connectivity index (χ3n) is 5.36. The van der Waals surface area contributed by atoms with Gasteiger partial charge in [0.1, 0.15) is 0 Å². The van der Waals surface area contributed by atoms with Gasteiger partial charge < -0.3 is 10.1 Å². The van der Waals surface area contributed by atoms with Gasteiger partial charge in [-0.1, -0.05) is 38.1 Å².